The summed E-state index contributed by atoms with van der Waals surface area (Å²) in [6, 6.07) is 32.4. The molecule has 128 valence electrons. The van der Waals surface area contributed by atoms with Crippen LogP contribution in [0.25, 0.3) is 0 Å². The molecule has 0 fully saturated rings. The minimum absolute atomic E-state index is 0.495. The predicted octanol–water partition coefficient (Wildman–Crippen LogP) is 6.20. The molecule has 0 nitrogen and oxygen atoms in total. The van der Waals surface area contributed by atoms with E-state index in [1.165, 1.54) is 27.8 Å². The summed E-state index contributed by atoms with van der Waals surface area (Å²) in [4.78, 5) is 0. The standard InChI is InChI=1S/C26H24/c1-4-10-21(11-5-1)16-24-19-25(17-22-12-6-2-7-13-22)26(20-24)18-23-14-8-3-9-15-23/h1-15,19-20,24H,16-18H2. The third-order valence-electron chi connectivity index (χ3n) is 5.03. The molecule has 1 aliphatic rings. The van der Waals surface area contributed by atoms with Crippen molar-refractivity contribution in [2.45, 2.75) is 19.3 Å². The van der Waals surface area contributed by atoms with Crippen LogP contribution in [0.1, 0.15) is 16.7 Å². The van der Waals surface area contributed by atoms with E-state index in [-0.39, 0.29) is 0 Å². The van der Waals surface area contributed by atoms with Crippen molar-refractivity contribution in [1.29, 1.82) is 0 Å². The van der Waals surface area contributed by atoms with E-state index in [4.69, 9.17) is 0 Å². The Labute approximate surface area is 156 Å². The first-order chi connectivity index (χ1) is 12.9. The van der Waals surface area contributed by atoms with Crippen molar-refractivity contribution in [3.8, 4) is 0 Å². The summed E-state index contributed by atoms with van der Waals surface area (Å²) in [5.41, 5.74) is 7.16. The molecule has 0 saturated heterocycles. The van der Waals surface area contributed by atoms with E-state index in [9.17, 15) is 0 Å². The molecule has 0 unspecified atom stereocenters. The second-order valence-electron chi connectivity index (χ2n) is 7.06. The van der Waals surface area contributed by atoms with Crippen LogP contribution in [0.2, 0.25) is 0 Å². The van der Waals surface area contributed by atoms with E-state index in [2.05, 4.69) is 103 Å². The highest BCUT2D eigenvalue weighted by Crippen LogP contribution is 2.31. The van der Waals surface area contributed by atoms with E-state index in [0.29, 0.717) is 5.92 Å². The van der Waals surface area contributed by atoms with Crippen LogP contribution < -0.4 is 0 Å². The van der Waals surface area contributed by atoms with Crippen molar-refractivity contribution < 1.29 is 0 Å². The lowest BCUT2D eigenvalue weighted by atomic mass is 9.96. The molecule has 0 N–H and O–H groups in total. The van der Waals surface area contributed by atoms with Crippen molar-refractivity contribution >= 4 is 0 Å². The Morgan fingerprint density at radius 1 is 0.462 bits per heavy atom. The maximum Gasteiger partial charge on any atom is -0.0000995 e. The van der Waals surface area contributed by atoms with Crippen LogP contribution in [0.15, 0.2) is 114 Å². The molecule has 1 aliphatic carbocycles. The van der Waals surface area contributed by atoms with Crippen LogP contribution in [0.5, 0.6) is 0 Å². The Kier molecular flexibility index (Phi) is 5.12. The number of allylic oxidation sites excluding steroid dienone is 4. The van der Waals surface area contributed by atoms with E-state index in [1.807, 2.05) is 0 Å². The van der Waals surface area contributed by atoms with Gasteiger partial charge in [0.25, 0.3) is 0 Å². The van der Waals surface area contributed by atoms with Crippen molar-refractivity contribution in [1.82, 2.24) is 0 Å². The summed E-state index contributed by atoms with van der Waals surface area (Å²) in [7, 11) is 0. The Hall–Kier alpha value is -2.86. The molecule has 0 aromatic heterocycles. The summed E-state index contributed by atoms with van der Waals surface area (Å²) in [6.07, 6.45) is 8.09. The molecule has 3 aromatic rings. The van der Waals surface area contributed by atoms with Gasteiger partial charge in [-0.2, -0.15) is 0 Å². The van der Waals surface area contributed by atoms with Gasteiger partial charge in [0.05, 0.1) is 0 Å². The van der Waals surface area contributed by atoms with E-state index >= 15 is 0 Å². The Balaban J connectivity index is 1.57. The van der Waals surface area contributed by atoms with Crippen molar-refractivity contribution in [3.05, 3.63) is 131 Å². The van der Waals surface area contributed by atoms with Gasteiger partial charge in [-0.25, -0.2) is 0 Å². The zero-order chi connectivity index (χ0) is 17.6. The maximum atomic E-state index is 2.48. The lowest BCUT2D eigenvalue weighted by Crippen LogP contribution is -1.96. The fraction of sp³-hybridized carbons (Fsp3) is 0.154. The molecule has 0 amide bonds. The van der Waals surface area contributed by atoms with E-state index in [1.54, 1.807) is 0 Å². The van der Waals surface area contributed by atoms with E-state index < -0.39 is 0 Å². The Bertz CT molecular complexity index is 829. The van der Waals surface area contributed by atoms with Crippen LogP contribution in [0.4, 0.5) is 0 Å². The SMILES string of the molecule is C1=C(Cc2ccccc2)C(Cc2ccccc2)=CC1Cc1ccccc1. The molecule has 0 heterocycles. The normalized spacial score (nSPS) is 14.2. The highest BCUT2D eigenvalue weighted by Gasteiger charge is 2.18. The topological polar surface area (TPSA) is 0 Å². The molecule has 3 aromatic carbocycles. The molecule has 0 bridgehead atoms. The first-order valence-corrected chi connectivity index (χ1v) is 9.40. The quantitative estimate of drug-likeness (QED) is 0.503. The highest BCUT2D eigenvalue weighted by molar-refractivity contribution is 5.45. The molecule has 4 rings (SSSR count). The summed E-state index contributed by atoms with van der Waals surface area (Å²) >= 11 is 0. The van der Waals surface area contributed by atoms with Crippen molar-refractivity contribution in [3.63, 3.8) is 0 Å². The van der Waals surface area contributed by atoms with Crippen LogP contribution in [-0.2, 0) is 19.3 Å². The molecule has 0 spiro atoms. The van der Waals surface area contributed by atoms with Gasteiger partial charge in [-0.15, -0.1) is 0 Å². The van der Waals surface area contributed by atoms with Gasteiger partial charge in [0.1, 0.15) is 0 Å². The summed E-state index contributed by atoms with van der Waals surface area (Å²) in [5, 5.41) is 0. The maximum absolute atomic E-state index is 2.48. The van der Waals surface area contributed by atoms with Gasteiger partial charge in [-0.3, -0.25) is 0 Å². The van der Waals surface area contributed by atoms with Gasteiger partial charge in [0, 0.05) is 0 Å². The molecule has 0 heteroatoms. The van der Waals surface area contributed by atoms with E-state index in [0.717, 1.165) is 19.3 Å². The number of hydrogen-bond acceptors (Lipinski definition) is 0. The number of benzene rings is 3. The monoisotopic (exact) mass is 336 g/mol. The van der Waals surface area contributed by atoms with Crippen LogP contribution in [-0.4, -0.2) is 0 Å². The molecule has 0 atom stereocenters. The van der Waals surface area contributed by atoms with Crippen molar-refractivity contribution in [2.75, 3.05) is 0 Å². The minimum Gasteiger partial charge on any atom is -0.0734 e. The van der Waals surface area contributed by atoms with Gasteiger partial charge >= 0.3 is 0 Å². The molecule has 0 saturated carbocycles. The summed E-state index contributed by atoms with van der Waals surface area (Å²) < 4.78 is 0. The minimum atomic E-state index is 0.495. The summed E-state index contributed by atoms with van der Waals surface area (Å²) in [6.45, 7) is 0. The molecule has 0 aliphatic heterocycles. The lowest BCUT2D eigenvalue weighted by molar-refractivity contribution is 0.811. The zero-order valence-electron chi connectivity index (χ0n) is 15.0. The second kappa shape index (κ2) is 8.01. The smallest absolute Gasteiger partial charge is 0.0000995 e. The largest absolute Gasteiger partial charge is 0.0734 e. The number of rotatable bonds is 6. The van der Waals surface area contributed by atoms with Gasteiger partial charge in [-0.05, 0) is 53.0 Å². The molecular formula is C26H24. The lowest BCUT2D eigenvalue weighted by Gasteiger charge is -2.09. The van der Waals surface area contributed by atoms with Crippen LogP contribution in [0, 0.1) is 5.92 Å². The fourth-order valence-corrected chi connectivity index (χ4v) is 3.76. The fourth-order valence-electron chi connectivity index (χ4n) is 3.76. The number of hydrogen-bond donors (Lipinski definition) is 0. The highest BCUT2D eigenvalue weighted by atomic mass is 14.2. The first-order valence-electron chi connectivity index (χ1n) is 9.40. The predicted molar refractivity (Wildman–Crippen MR) is 110 cm³/mol. The van der Waals surface area contributed by atoms with Gasteiger partial charge < -0.3 is 0 Å². The third-order valence-corrected chi connectivity index (χ3v) is 5.03. The Morgan fingerprint density at radius 3 is 1.27 bits per heavy atom. The zero-order valence-corrected chi connectivity index (χ0v) is 15.0. The van der Waals surface area contributed by atoms with Gasteiger partial charge in [0.2, 0.25) is 0 Å². The van der Waals surface area contributed by atoms with Crippen LogP contribution >= 0.6 is 0 Å². The van der Waals surface area contributed by atoms with Gasteiger partial charge in [0.15, 0.2) is 0 Å². The van der Waals surface area contributed by atoms with Crippen LogP contribution in [0.3, 0.4) is 0 Å². The van der Waals surface area contributed by atoms with Gasteiger partial charge in [-0.1, -0.05) is 103 Å². The average Bonchev–Trinajstić information content (AvgIpc) is 3.05. The first kappa shape index (κ1) is 16.6. The second-order valence-corrected chi connectivity index (χ2v) is 7.06. The van der Waals surface area contributed by atoms with Crippen molar-refractivity contribution in [2.24, 2.45) is 5.92 Å². The molecular weight excluding hydrogens is 312 g/mol. The molecule has 0 radical (unpaired) electrons. The average molecular weight is 336 g/mol. The Morgan fingerprint density at radius 2 is 0.846 bits per heavy atom. The third kappa shape index (κ3) is 4.21. The summed E-state index contributed by atoms with van der Waals surface area (Å²) in [5.74, 6) is 0.495. The molecule has 26 heavy (non-hydrogen) atoms.